The SMILES string of the molecule is COCCC(=O)N1CCC(N(C(=O)NC2=NCC(C)S2)[C@H]2CC[C@H](C)CC2)CC1. The monoisotopic (exact) mass is 424 g/mol. The van der Waals surface area contributed by atoms with Crippen LogP contribution in [-0.2, 0) is 9.53 Å². The van der Waals surface area contributed by atoms with Crippen LogP contribution in [0.25, 0.3) is 0 Å². The average molecular weight is 425 g/mol. The van der Waals surface area contributed by atoms with Gasteiger partial charge in [0.2, 0.25) is 5.91 Å². The maximum Gasteiger partial charge on any atom is 0.323 e. The molecular formula is C21H36N4O3S. The number of carbonyl (C=O) groups excluding carboxylic acids is 2. The maximum atomic E-state index is 13.3. The van der Waals surface area contributed by atoms with Gasteiger partial charge in [0.15, 0.2) is 5.17 Å². The highest BCUT2D eigenvalue weighted by molar-refractivity contribution is 8.14. The molecule has 1 atom stereocenters. The number of aliphatic imine (C=N–C) groups is 1. The summed E-state index contributed by atoms with van der Waals surface area (Å²) in [6, 6.07) is 0.467. The zero-order chi connectivity index (χ0) is 20.8. The Kier molecular flexibility index (Phi) is 8.24. The lowest BCUT2D eigenvalue weighted by Gasteiger charge is -2.44. The van der Waals surface area contributed by atoms with Crippen molar-refractivity contribution in [2.75, 3.05) is 33.4 Å². The lowest BCUT2D eigenvalue weighted by atomic mass is 9.85. The van der Waals surface area contributed by atoms with Crippen molar-refractivity contribution in [3.05, 3.63) is 0 Å². The van der Waals surface area contributed by atoms with Crippen LogP contribution in [0.1, 0.15) is 58.8 Å². The van der Waals surface area contributed by atoms with Gasteiger partial charge in [-0.3, -0.25) is 15.1 Å². The third-order valence-electron chi connectivity index (χ3n) is 6.36. The number of hydrogen-bond acceptors (Lipinski definition) is 5. The van der Waals surface area contributed by atoms with Crippen molar-refractivity contribution in [3.8, 4) is 0 Å². The summed E-state index contributed by atoms with van der Waals surface area (Å²) in [4.78, 5) is 34.1. The second-order valence-corrected chi connectivity index (χ2v) is 10.1. The van der Waals surface area contributed by atoms with Crippen LogP contribution in [0.2, 0.25) is 0 Å². The van der Waals surface area contributed by atoms with E-state index in [1.807, 2.05) is 4.90 Å². The highest BCUT2D eigenvalue weighted by atomic mass is 32.2. The Hall–Kier alpha value is -1.28. The molecule has 7 nitrogen and oxygen atoms in total. The molecule has 8 heteroatoms. The molecule has 3 amide bonds. The summed E-state index contributed by atoms with van der Waals surface area (Å²) < 4.78 is 5.03. The van der Waals surface area contributed by atoms with E-state index < -0.39 is 0 Å². The number of urea groups is 1. The molecule has 2 fully saturated rings. The zero-order valence-electron chi connectivity index (χ0n) is 18.1. The van der Waals surface area contributed by atoms with Crippen LogP contribution >= 0.6 is 11.8 Å². The van der Waals surface area contributed by atoms with Gasteiger partial charge in [0, 0.05) is 37.5 Å². The van der Waals surface area contributed by atoms with Crippen LogP contribution < -0.4 is 5.32 Å². The summed E-state index contributed by atoms with van der Waals surface area (Å²) in [6.45, 7) is 7.09. The van der Waals surface area contributed by atoms with Crippen LogP contribution in [0.5, 0.6) is 0 Å². The van der Waals surface area contributed by atoms with Gasteiger partial charge >= 0.3 is 6.03 Å². The molecule has 0 spiro atoms. The van der Waals surface area contributed by atoms with Crippen molar-refractivity contribution in [1.82, 2.24) is 15.1 Å². The molecule has 1 saturated carbocycles. The lowest BCUT2D eigenvalue weighted by Crippen LogP contribution is -2.56. The van der Waals surface area contributed by atoms with E-state index >= 15 is 0 Å². The Morgan fingerprint density at radius 2 is 1.79 bits per heavy atom. The van der Waals surface area contributed by atoms with Gasteiger partial charge in [-0.1, -0.05) is 25.6 Å². The molecule has 0 bridgehead atoms. The Bertz CT molecular complexity index is 599. The minimum absolute atomic E-state index is 0.00550. The lowest BCUT2D eigenvalue weighted by molar-refractivity contribution is -0.133. The molecule has 0 aromatic carbocycles. The molecule has 1 aliphatic carbocycles. The fourth-order valence-corrected chi connectivity index (χ4v) is 5.42. The summed E-state index contributed by atoms with van der Waals surface area (Å²) in [5, 5.41) is 4.26. The topological polar surface area (TPSA) is 74.2 Å². The number of rotatable bonds is 5. The predicted molar refractivity (Wildman–Crippen MR) is 117 cm³/mol. The van der Waals surface area contributed by atoms with Crippen molar-refractivity contribution in [2.24, 2.45) is 10.9 Å². The number of amides is 3. The number of ether oxygens (including phenoxy) is 1. The second kappa shape index (κ2) is 10.7. The molecule has 1 N–H and O–H groups in total. The van der Waals surface area contributed by atoms with E-state index in [0.717, 1.165) is 43.3 Å². The standard InChI is InChI=1S/C21H36N4O3S/c1-15-4-6-17(7-5-15)25(21(27)23-20-22-14-16(2)29-20)18-8-11-24(12-9-18)19(26)10-13-28-3/h15-18H,4-14H2,1-3H3,(H,22,23,27)/t15-,16?,17-. The molecular weight excluding hydrogens is 388 g/mol. The average Bonchev–Trinajstić information content (AvgIpc) is 3.13. The quantitative estimate of drug-likeness (QED) is 0.736. The molecule has 3 aliphatic rings. The van der Waals surface area contributed by atoms with Gasteiger partial charge in [0.1, 0.15) is 0 Å². The van der Waals surface area contributed by atoms with E-state index in [2.05, 4.69) is 29.1 Å². The van der Waals surface area contributed by atoms with Gasteiger partial charge in [0.05, 0.1) is 19.6 Å². The van der Waals surface area contributed by atoms with Crippen molar-refractivity contribution < 1.29 is 14.3 Å². The van der Waals surface area contributed by atoms with Gasteiger partial charge in [-0.15, -0.1) is 0 Å². The van der Waals surface area contributed by atoms with E-state index in [9.17, 15) is 9.59 Å². The maximum absolute atomic E-state index is 13.3. The van der Waals surface area contributed by atoms with Crippen LogP contribution in [0, 0.1) is 5.92 Å². The van der Waals surface area contributed by atoms with E-state index in [4.69, 9.17) is 4.74 Å². The molecule has 1 unspecified atom stereocenters. The van der Waals surface area contributed by atoms with Crippen molar-refractivity contribution in [1.29, 1.82) is 0 Å². The molecule has 29 heavy (non-hydrogen) atoms. The minimum Gasteiger partial charge on any atom is -0.384 e. The van der Waals surface area contributed by atoms with Gasteiger partial charge in [-0.2, -0.15) is 0 Å². The van der Waals surface area contributed by atoms with Crippen molar-refractivity contribution in [3.63, 3.8) is 0 Å². The molecule has 0 aromatic rings. The number of piperidine rings is 1. The Morgan fingerprint density at radius 1 is 1.14 bits per heavy atom. The first-order valence-electron chi connectivity index (χ1n) is 11.0. The summed E-state index contributed by atoms with van der Waals surface area (Å²) in [5.74, 6) is 0.894. The summed E-state index contributed by atoms with van der Waals surface area (Å²) >= 11 is 1.64. The van der Waals surface area contributed by atoms with Gasteiger partial charge < -0.3 is 14.5 Å². The van der Waals surface area contributed by atoms with Crippen LogP contribution in [0.15, 0.2) is 4.99 Å². The van der Waals surface area contributed by atoms with E-state index in [1.165, 1.54) is 12.8 Å². The Balaban J connectivity index is 1.62. The number of thioether (sulfide) groups is 1. The second-order valence-electron chi connectivity index (χ2n) is 8.68. The van der Waals surface area contributed by atoms with Crippen LogP contribution in [0.3, 0.4) is 0 Å². The Labute approximate surface area is 179 Å². The van der Waals surface area contributed by atoms with Crippen LogP contribution in [0.4, 0.5) is 4.79 Å². The van der Waals surface area contributed by atoms with Crippen molar-refractivity contribution >= 4 is 28.9 Å². The number of amidine groups is 1. The molecule has 164 valence electrons. The predicted octanol–water partition coefficient (Wildman–Crippen LogP) is 3.10. The normalized spacial score (nSPS) is 28.2. The highest BCUT2D eigenvalue weighted by Crippen LogP contribution is 2.31. The summed E-state index contributed by atoms with van der Waals surface area (Å²) in [5.41, 5.74) is 0. The number of methoxy groups -OCH3 is 1. The number of hydrogen-bond donors (Lipinski definition) is 1. The van der Waals surface area contributed by atoms with Gasteiger partial charge in [-0.25, -0.2) is 4.79 Å². The highest BCUT2D eigenvalue weighted by Gasteiger charge is 2.36. The number of nitrogens with one attached hydrogen (secondary N) is 1. The van der Waals surface area contributed by atoms with Gasteiger partial charge in [0.25, 0.3) is 0 Å². The first-order chi connectivity index (χ1) is 14.0. The molecule has 2 heterocycles. The molecule has 2 aliphatic heterocycles. The molecule has 0 aromatic heterocycles. The summed E-state index contributed by atoms with van der Waals surface area (Å²) in [6.07, 6.45) is 6.60. The first kappa shape index (κ1) is 22.4. The zero-order valence-corrected chi connectivity index (χ0v) is 18.9. The molecule has 3 rings (SSSR count). The third-order valence-corrected chi connectivity index (χ3v) is 7.37. The van der Waals surface area contributed by atoms with Crippen LogP contribution in [-0.4, -0.2) is 77.6 Å². The van der Waals surface area contributed by atoms with Crippen molar-refractivity contribution in [2.45, 2.75) is 76.1 Å². The van der Waals surface area contributed by atoms with E-state index in [1.54, 1.807) is 18.9 Å². The Morgan fingerprint density at radius 3 is 2.38 bits per heavy atom. The largest absolute Gasteiger partial charge is 0.384 e. The molecule has 0 radical (unpaired) electrons. The molecule has 1 saturated heterocycles. The van der Waals surface area contributed by atoms with Gasteiger partial charge in [-0.05, 0) is 44.4 Å². The smallest absolute Gasteiger partial charge is 0.323 e. The first-order valence-corrected chi connectivity index (χ1v) is 11.9. The number of nitrogens with zero attached hydrogens (tertiary/aromatic N) is 3. The van der Waals surface area contributed by atoms with E-state index in [0.29, 0.717) is 31.4 Å². The fourth-order valence-electron chi connectivity index (χ4n) is 4.59. The third kappa shape index (κ3) is 6.10. The summed E-state index contributed by atoms with van der Waals surface area (Å²) in [7, 11) is 1.62. The minimum atomic E-state index is -0.00550. The number of likely N-dealkylation sites (tertiary alicyclic amines) is 1. The van der Waals surface area contributed by atoms with E-state index in [-0.39, 0.29) is 24.0 Å². The fraction of sp³-hybridized carbons (Fsp3) is 0.857. The number of carbonyl (C=O) groups is 2.